The maximum absolute atomic E-state index is 13.8. The Hall–Kier alpha value is -1.11. The summed E-state index contributed by atoms with van der Waals surface area (Å²) in [6, 6.07) is 1.56. The van der Waals surface area contributed by atoms with E-state index in [9.17, 15) is 13.2 Å². The van der Waals surface area contributed by atoms with Gasteiger partial charge in [0.25, 0.3) is 5.97 Å². The van der Waals surface area contributed by atoms with Crippen LogP contribution in [-0.2, 0) is 20.6 Å². The van der Waals surface area contributed by atoms with Gasteiger partial charge in [0.2, 0.25) is 0 Å². The highest BCUT2D eigenvalue weighted by molar-refractivity contribution is 5.20. The molecule has 1 aromatic carbocycles. The van der Waals surface area contributed by atoms with Crippen LogP contribution in [0.15, 0.2) is 12.1 Å². The minimum atomic E-state index is -1.16. The van der Waals surface area contributed by atoms with Gasteiger partial charge in [0.15, 0.2) is 11.6 Å². The molecule has 0 saturated heterocycles. The van der Waals surface area contributed by atoms with E-state index < -0.39 is 23.4 Å². The molecule has 0 N–H and O–H groups in total. The number of halogens is 3. The van der Waals surface area contributed by atoms with E-state index in [1.807, 2.05) is 0 Å². The SMILES string of the molecule is CCCCCCCCC(CCCCc1cc(F)c(F)cc1F)C(OC)(OC)OC. The zero-order chi connectivity index (χ0) is 21.7. The van der Waals surface area contributed by atoms with Gasteiger partial charge < -0.3 is 14.2 Å². The Bertz CT molecular complexity index is 568. The van der Waals surface area contributed by atoms with Crippen molar-refractivity contribution >= 4 is 0 Å². The molecule has 0 heterocycles. The van der Waals surface area contributed by atoms with E-state index in [4.69, 9.17) is 14.2 Å². The third-order valence-electron chi connectivity index (χ3n) is 5.60. The molecule has 0 fully saturated rings. The number of aryl methyl sites for hydroxylation is 1. The van der Waals surface area contributed by atoms with Crippen LogP contribution in [0, 0.1) is 23.4 Å². The van der Waals surface area contributed by atoms with E-state index in [1.54, 1.807) is 21.3 Å². The summed E-state index contributed by atoms with van der Waals surface area (Å²) in [5.41, 5.74) is 0.202. The van der Waals surface area contributed by atoms with Gasteiger partial charge in [0, 0.05) is 33.3 Å². The van der Waals surface area contributed by atoms with Crippen LogP contribution in [0.25, 0.3) is 0 Å². The van der Waals surface area contributed by atoms with Crippen molar-refractivity contribution in [3.8, 4) is 0 Å². The summed E-state index contributed by atoms with van der Waals surface area (Å²) in [6.07, 6.45) is 10.6. The maximum Gasteiger partial charge on any atom is 0.285 e. The molecule has 0 aromatic heterocycles. The van der Waals surface area contributed by atoms with Crippen molar-refractivity contribution in [2.45, 2.75) is 83.5 Å². The van der Waals surface area contributed by atoms with Gasteiger partial charge in [-0.1, -0.05) is 51.9 Å². The minimum absolute atomic E-state index is 0.0310. The molecule has 0 radical (unpaired) electrons. The average molecular weight is 419 g/mol. The first-order valence-corrected chi connectivity index (χ1v) is 10.7. The lowest BCUT2D eigenvalue weighted by atomic mass is 9.91. The summed E-state index contributed by atoms with van der Waals surface area (Å²) < 4.78 is 56.9. The quantitative estimate of drug-likeness (QED) is 0.168. The lowest BCUT2D eigenvalue weighted by Crippen LogP contribution is -2.44. The fraction of sp³-hybridized carbons (Fsp3) is 0.739. The van der Waals surface area contributed by atoms with E-state index in [2.05, 4.69) is 6.92 Å². The van der Waals surface area contributed by atoms with Gasteiger partial charge in [-0.25, -0.2) is 13.2 Å². The summed E-state index contributed by atoms with van der Waals surface area (Å²) in [5, 5.41) is 0. The summed E-state index contributed by atoms with van der Waals surface area (Å²) in [5.74, 6) is -3.94. The number of benzene rings is 1. The summed E-state index contributed by atoms with van der Waals surface area (Å²) in [7, 11) is 4.70. The van der Waals surface area contributed by atoms with Crippen LogP contribution in [-0.4, -0.2) is 27.3 Å². The summed E-state index contributed by atoms with van der Waals surface area (Å²) in [6.45, 7) is 2.20. The Labute approximate surface area is 173 Å². The second-order valence-corrected chi connectivity index (χ2v) is 7.57. The zero-order valence-corrected chi connectivity index (χ0v) is 18.4. The van der Waals surface area contributed by atoms with E-state index in [1.165, 1.54) is 25.7 Å². The third-order valence-corrected chi connectivity index (χ3v) is 5.60. The van der Waals surface area contributed by atoms with Crippen molar-refractivity contribution in [3.63, 3.8) is 0 Å². The molecule has 1 unspecified atom stereocenters. The fourth-order valence-electron chi connectivity index (χ4n) is 3.88. The normalized spacial score (nSPS) is 13.1. The number of hydrogen-bond donors (Lipinski definition) is 0. The monoisotopic (exact) mass is 418 g/mol. The Morgan fingerprint density at radius 3 is 1.83 bits per heavy atom. The molecule has 0 bridgehead atoms. The largest absolute Gasteiger partial charge is 0.331 e. The van der Waals surface area contributed by atoms with Crippen LogP contribution >= 0.6 is 0 Å². The fourth-order valence-corrected chi connectivity index (χ4v) is 3.88. The van der Waals surface area contributed by atoms with E-state index >= 15 is 0 Å². The molecule has 0 amide bonds. The van der Waals surface area contributed by atoms with Crippen LogP contribution in [0.1, 0.15) is 76.7 Å². The van der Waals surface area contributed by atoms with Crippen molar-refractivity contribution < 1.29 is 27.4 Å². The molecule has 0 spiro atoms. The zero-order valence-electron chi connectivity index (χ0n) is 18.4. The molecule has 6 heteroatoms. The lowest BCUT2D eigenvalue weighted by molar-refractivity contribution is -0.380. The predicted octanol–water partition coefficient (Wildman–Crippen LogP) is 6.78. The number of hydrogen-bond acceptors (Lipinski definition) is 3. The van der Waals surface area contributed by atoms with E-state index in [0.717, 1.165) is 38.2 Å². The number of ether oxygens (including phenoxy) is 3. The predicted molar refractivity (Wildman–Crippen MR) is 109 cm³/mol. The van der Waals surface area contributed by atoms with E-state index in [0.29, 0.717) is 18.9 Å². The molecule has 3 nitrogen and oxygen atoms in total. The third kappa shape index (κ3) is 8.27. The Morgan fingerprint density at radius 1 is 0.724 bits per heavy atom. The second kappa shape index (κ2) is 14.0. The van der Waals surface area contributed by atoms with Crippen LogP contribution < -0.4 is 0 Å². The number of methoxy groups -OCH3 is 3. The first-order chi connectivity index (χ1) is 13.9. The molecule has 1 aromatic rings. The summed E-state index contributed by atoms with van der Waals surface area (Å²) in [4.78, 5) is 0. The van der Waals surface area contributed by atoms with Crippen LogP contribution in [0.2, 0.25) is 0 Å². The van der Waals surface area contributed by atoms with E-state index in [-0.39, 0.29) is 11.5 Å². The van der Waals surface area contributed by atoms with Crippen LogP contribution in [0.3, 0.4) is 0 Å². The maximum atomic E-state index is 13.8. The van der Waals surface area contributed by atoms with Gasteiger partial charge >= 0.3 is 0 Å². The minimum Gasteiger partial charge on any atom is -0.331 e. The van der Waals surface area contributed by atoms with Crippen molar-refractivity contribution in [3.05, 3.63) is 35.1 Å². The molecular formula is C23H37F3O3. The molecular weight excluding hydrogens is 381 g/mol. The molecule has 168 valence electrons. The van der Waals surface area contributed by atoms with Gasteiger partial charge in [-0.15, -0.1) is 0 Å². The highest BCUT2D eigenvalue weighted by atomic mass is 19.2. The Balaban J connectivity index is 2.59. The number of rotatable bonds is 16. The van der Waals surface area contributed by atoms with Crippen LogP contribution in [0.4, 0.5) is 13.2 Å². The molecule has 0 saturated carbocycles. The molecule has 0 aliphatic carbocycles. The standard InChI is InChI=1S/C23H37F3O3/c1-5-6-7-8-9-10-14-19(23(27-2,28-3)29-4)15-12-11-13-18-16-21(25)22(26)17-20(18)24/h16-17,19H,5-15H2,1-4H3. The van der Waals surface area contributed by atoms with Gasteiger partial charge in [-0.3, -0.25) is 0 Å². The second-order valence-electron chi connectivity index (χ2n) is 7.57. The van der Waals surface area contributed by atoms with Crippen LogP contribution in [0.5, 0.6) is 0 Å². The highest BCUT2D eigenvalue weighted by Crippen LogP contribution is 2.33. The van der Waals surface area contributed by atoms with Crippen molar-refractivity contribution in [2.24, 2.45) is 5.92 Å². The highest BCUT2D eigenvalue weighted by Gasteiger charge is 2.39. The first kappa shape index (κ1) is 25.9. The molecule has 1 atom stereocenters. The van der Waals surface area contributed by atoms with Crippen molar-refractivity contribution in [2.75, 3.05) is 21.3 Å². The first-order valence-electron chi connectivity index (χ1n) is 10.7. The molecule has 1 rings (SSSR count). The lowest BCUT2D eigenvalue weighted by Gasteiger charge is -2.36. The van der Waals surface area contributed by atoms with Crippen molar-refractivity contribution in [1.82, 2.24) is 0 Å². The van der Waals surface area contributed by atoms with Gasteiger partial charge in [0.05, 0.1) is 0 Å². The van der Waals surface area contributed by atoms with Crippen molar-refractivity contribution in [1.29, 1.82) is 0 Å². The Kier molecular flexibility index (Phi) is 12.5. The number of unbranched alkanes of at least 4 members (excludes halogenated alkanes) is 6. The smallest absolute Gasteiger partial charge is 0.285 e. The summed E-state index contributed by atoms with van der Waals surface area (Å²) >= 11 is 0. The molecule has 29 heavy (non-hydrogen) atoms. The molecule has 0 aliphatic rings. The topological polar surface area (TPSA) is 27.7 Å². The Morgan fingerprint density at radius 2 is 1.24 bits per heavy atom. The van der Waals surface area contributed by atoms with Gasteiger partial charge in [-0.05, 0) is 37.3 Å². The molecule has 0 aliphatic heterocycles. The average Bonchev–Trinajstić information content (AvgIpc) is 2.72. The van der Waals surface area contributed by atoms with Gasteiger partial charge in [-0.2, -0.15) is 0 Å². The van der Waals surface area contributed by atoms with Gasteiger partial charge in [0.1, 0.15) is 5.82 Å².